The third kappa shape index (κ3) is 7.93. The lowest BCUT2D eigenvalue weighted by molar-refractivity contribution is 0.360. The SMILES string of the molecule is CC1CCC(Nc2ccnc(N)n2)CC1.CC1CCC(Nc2nc(N)ncc2I)CC1. The van der Waals surface area contributed by atoms with Crippen LogP contribution in [0.2, 0.25) is 0 Å². The number of nitrogens with zero attached hydrogens (tertiary/aromatic N) is 4. The van der Waals surface area contributed by atoms with Crippen LogP contribution in [-0.4, -0.2) is 32.0 Å². The van der Waals surface area contributed by atoms with Crippen LogP contribution in [0, 0.1) is 15.4 Å². The molecule has 170 valence electrons. The van der Waals surface area contributed by atoms with E-state index < -0.39 is 0 Å². The van der Waals surface area contributed by atoms with E-state index in [2.05, 4.69) is 67.0 Å². The zero-order valence-electron chi connectivity index (χ0n) is 18.5. The van der Waals surface area contributed by atoms with Crippen LogP contribution >= 0.6 is 22.6 Å². The van der Waals surface area contributed by atoms with E-state index in [0.717, 1.165) is 27.0 Å². The van der Waals surface area contributed by atoms with Gasteiger partial charge >= 0.3 is 0 Å². The van der Waals surface area contributed by atoms with Gasteiger partial charge in [0, 0.05) is 24.5 Å². The van der Waals surface area contributed by atoms with Crippen molar-refractivity contribution in [3.63, 3.8) is 0 Å². The normalized spacial score (nSPS) is 25.8. The lowest BCUT2D eigenvalue weighted by Crippen LogP contribution is -2.26. The minimum Gasteiger partial charge on any atom is -0.368 e. The Morgan fingerprint density at radius 2 is 1.35 bits per heavy atom. The van der Waals surface area contributed by atoms with E-state index in [9.17, 15) is 0 Å². The monoisotopic (exact) mass is 538 g/mol. The van der Waals surface area contributed by atoms with Crippen LogP contribution in [0.5, 0.6) is 0 Å². The fourth-order valence-corrected chi connectivity index (χ4v) is 4.56. The van der Waals surface area contributed by atoms with Crippen molar-refractivity contribution in [3.8, 4) is 0 Å². The Morgan fingerprint density at radius 3 is 1.94 bits per heavy atom. The third-order valence-electron chi connectivity index (χ3n) is 6.16. The Bertz CT molecular complexity index is 817. The first-order valence-electron chi connectivity index (χ1n) is 11.3. The number of nitrogens with one attached hydrogen (secondary N) is 2. The second-order valence-corrected chi connectivity index (χ2v) is 10.1. The smallest absolute Gasteiger partial charge is 0.221 e. The van der Waals surface area contributed by atoms with Crippen molar-refractivity contribution < 1.29 is 0 Å². The molecule has 2 saturated carbocycles. The predicted octanol–water partition coefficient (Wildman–Crippen LogP) is 4.70. The minimum absolute atomic E-state index is 0.337. The Hall–Kier alpha value is -1.91. The molecule has 0 atom stereocenters. The highest BCUT2D eigenvalue weighted by atomic mass is 127. The Morgan fingerprint density at radius 1 is 0.806 bits per heavy atom. The average Bonchev–Trinajstić information content (AvgIpc) is 2.75. The van der Waals surface area contributed by atoms with Gasteiger partial charge in [0.25, 0.3) is 0 Å². The van der Waals surface area contributed by atoms with E-state index >= 15 is 0 Å². The molecule has 2 aliphatic carbocycles. The van der Waals surface area contributed by atoms with Crippen LogP contribution < -0.4 is 22.1 Å². The molecule has 0 saturated heterocycles. The second-order valence-electron chi connectivity index (χ2n) is 8.93. The number of hydrogen-bond acceptors (Lipinski definition) is 8. The number of nitrogens with two attached hydrogens (primary N) is 2. The molecule has 9 heteroatoms. The number of nitrogen functional groups attached to an aromatic ring is 2. The maximum absolute atomic E-state index is 5.59. The first-order valence-corrected chi connectivity index (χ1v) is 12.4. The van der Waals surface area contributed by atoms with Gasteiger partial charge < -0.3 is 22.1 Å². The second kappa shape index (κ2) is 11.6. The largest absolute Gasteiger partial charge is 0.368 e. The molecule has 0 radical (unpaired) electrons. The fourth-order valence-electron chi connectivity index (χ4n) is 4.15. The zero-order chi connectivity index (χ0) is 22.2. The lowest BCUT2D eigenvalue weighted by Gasteiger charge is -2.27. The van der Waals surface area contributed by atoms with Gasteiger partial charge in [0.2, 0.25) is 11.9 Å². The first kappa shape index (κ1) is 23.7. The molecule has 2 fully saturated rings. The summed E-state index contributed by atoms with van der Waals surface area (Å²) >= 11 is 2.23. The van der Waals surface area contributed by atoms with Crippen LogP contribution in [0.3, 0.4) is 0 Å². The molecule has 0 unspecified atom stereocenters. The van der Waals surface area contributed by atoms with Gasteiger partial charge in [-0.1, -0.05) is 13.8 Å². The van der Waals surface area contributed by atoms with Gasteiger partial charge in [0.15, 0.2) is 0 Å². The van der Waals surface area contributed by atoms with Gasteiger partial charge in [-0.3, -0.25) is 0 Å². The fraction of sp³-hybridized carbons (Fsp3) is 0.636. The number of rotatable bonds is 4. The van der Waals surface area contributed by atoms with Crippen molar-refractivity contribution in [2.24, 2.45) is 11.8 Å². The molecular weight excluding hydrogens is 503 g/mol. The topological polar surface area (TPSA) is 128 Å². The highest BCUT2D eigenvalue weighted by Gasteiger charge is 2.19. The van der Waals surface area contributed by atoms with Crippen molar-refractivity contribution >= 4 is 46.1 Å². The standard InChI is InChI=1S/C11H17IN4.C11H18N4/c1-7-2-4-8(5-3-7)15-10-9(12)6-14-11(13)16-10;1-8-2-4-9(5-3-8)14-10-6-7-13-11(12)15-10/h6-8H,2-5H2,1H3,(H3,13,14,15,16);6-9H,2-5H2,1H3,(H3,12,13,14,15). The van der Waals surface area contributed by atoms with Crippen molar-refractivity contribution in [1.82, 2.24) is 19.9 Å². The summed E-state index contributed by atoms with van der Waals surface area (Å²) in [5.74, 6) is 4.15. The number of anilines is 4. The molecule has 0 spiro atoms. The lowest BCUT2D eigenvalue weighted by atomic mass is 9.87. The zero-order valence-corrected chi connectivity index (χ0v) is 20.7. The summed E-state index contributed by atoms with van der Waals surface area (Å²) in [5.41, 5.74) is 11.1. The summed E-state index contributed by atoms with van der Waals surface area (Å²) < 4.78 is 1.03. The quantitative estimate of drug-likeness (QED) is 0.413. The average molecular weight is 538 g/mol. The van der Waals surface area contributed by atoms with Gasteiger partial charge in [-0.05, 0) is 91.9 Å². The highest BCUT2D eigenvalue weighted by Crippen LogP contribution is 2.27. The Kier molecular flexibility index (Phi) is 8.91. The van der Waals surface area contributed by atoms with E-state index in [0.29, 0.717) is 24.0 Å². The van der Waals surface area contributed by atoms with Crippen molar-refractivity contribution in [1.29, 1.82) is 0 Å². The van der Waals surface area contributed by atoms with Crippen molar-refractivity contribution in [2.75, 3.05) is 22.1 Å². The summed E-state index contributed by atoms with van der Waals surface area (Å²) in [7, 11) is 0. The van der Waals surface area contributed by atoms with Crippen LogP contribution in [0.4, 0.5) is 23.5 Å². The van der Waals surface area contributed by atoms with E-state index in [-0.39, 0.29) is 0 Å². The number of halogens is 1. The van der Waals surface area contributed by atoms with E-state index in [1.807, 2.05) is 6.07 Å². The molecule has 31 heavy (non-hydrogen) atoms. The van der Waals surface area contributed by atoms with Gasteiger partial charge in [0.05, 0.1) is 3.57 Å². The molecule has 4 rings (SSSR count). The molecule has 0 bridgehead atoms. The van der Waals surface area contributed by atoms with Crippen LogP contribution in [0.25, 0.3) is 0 Å². The highest BCUT2D eigenvalue weighted by molar-refractivity contribution is 14.1. The van der Waals surface area contributed by atoms with Gasteiger partial charge in [-0.25, -0.2) is 9.97 Å². The van der Waals surface area contributed by atoms with E-state index in [1.165, 1.54) is 51.4 Å². The molecule has 6 N–H and O–H groups in total. The summed E-state index contributed by atoms with van der Waals surface area (Å²) in [6, 6.07) is 2.96. The minimum atomic E-state index is 0.337. The van der Waals surface area contributed by atoms with Crippen LogP contribution in [0.15, 0.2) is 18.5 Å². The summed E-state index contributed by atoms with van der Waals surface area (Å²) in [5, 5.41) is 6.88. The summed E-state index contributed by atoms with van der Waals surface area (Å²) in [6.07, 6.45) is 13.6. The summed E-state index contributed by atoms with van der Waals surface area (Å²) in [6.45, 7) is 4.64. The molecule has 0 amide bonds. The molecule has 2 aliphatic rings. The molecular formula is C22H35IN8. The van der Waals surface area contributed by atoms with Crippen molar-refractivity contribution in [3.05, 3.63) is 22.0 Å². The third-order valence-corrected chi connectivity index (χ3v) is 6.95. The van der Waals surface area contributed by atoms with E-state index in [4.69, 9.17) is 11.5 Å². The maximum Gasteiger partial charge on any atom is 0.221 e. The number of aromatic nitrogens is 4. The molecule has 2 aromatic rings. The molecule has 0 aliphatic heterocycles. The van der Waals surface area contributed by atoms with Crippen LogP contribution in [-0.2, 0) is 0 Å². The first-order chi connectivity index (χ1) is 14.9. The molecule has 2 aromatic heterocycles. The number of hydrogen-bond donors (Lipinski definition) is 4. The van der Waals surface area contributed by atoms with Crippen LogP contribution in [0.1, 0.15) is 65.2 Å². The Labute approximate surface area is 199 Å². The van der Waals surface area contributed by atoms with Gasteiger partial charge in [-0.15, -0.1) is 0 Å². The van der Waals surface area contributed by atoms with Crippen molar-refractivity contribution in [2.45, 2.75) is 77.3 Å². The summed E-state index contributed by atoms with van der Waals surface area (Å²) in [4.78, 5) is 16.2. The van der Waals surface area contributed by atoms with E-state index in [1.54, 1.807) is 12.4 Å². The molecule has 2 heterocycles. The van der Waals surface area contributed by atoms with Gasteiger partial charge in [0.1, 0.15) is 11.6 Å². The molecule has 0 aromatic carbocycles. The predicted molar refractivity (Wildman–Crippen MR) is 136 cm³/mol. The molecule has 8 nitrogen and oxygen atoms in total. The maximum atomic E-state index is 5.59. The van der Waals surface area contributed by atoms with Gasteiger partial charge in [-0.2, -0.15) is 9.97 Å². The Balaban J connectivity index is 0.000000176.